The Morgan fingerprint density at radius 2 is 0.404 bits per heavy atom. The van der Waals surface area contributed by atoms with Gasteiger partial charge in [-0.25, -0.2) is 14.4 Å². The van der Waals surface area contributed by atoms with Gasteiger partial charge in [-0.1, -0.05) is 364 Å². The van der Waals surface area contributed by atoms with E-state index in [0.29, 0.717) is 22.8 Å². The van der Waals surface area contributed by atoms with Crippen molar-refractivity contribution in [2.45, 2.75) is 27.7 Å². The summed E-state index contributed by atoms with van der Waals surface area (Å²) >= 11 is 0. The zero-order chi connectivity index (χ0) is 93.9. The molecule has 0 atom stereocenters. The van der Waals surface area contributed by atoms with Crippen molar-refractivity contribution in [3.8, 4) is 50.6 Å². The third kappa shape index (κ3) is 23.9. The number of nitrogens with zero attached hydrogens (tertiary/aromatic N) is 3. The SMILES string of the molecule is C=C(C)C(=O)Oc1ccc(C(=Cc2ccc(N(c3ccc(C)cc3)c3ccc(-c4ccccc4)cc3)cc2)c2ccccc2)cc1.C=CC(=O)Oc1ccc(C(=Cc2ccc(N(c3ccc(-c4ccccc4)cc3)c3ccc(-c4ccccc4)cc3)cc2)c2ccccc2)cc1.C=CC(=O)Oc1ccc(C(=Cc2ccc(N(c3ccc(C)cc3)c3ccc(C)cc3)cc2)c2ccccc2)cc1. The van der Waals surface area contributed by atoms with Crippen LogP contribution in [0, 0.1) is 20.8 Å². The van der Waals surface area contributed by atoms with Crippen LogP contribution in [0.1, 0.15) is 73.7 Å². The Bertz CT molecular complexity index is 7030. The Hall–Kier alpha value is -17.8. The summed E-state index contributed by atoms with van der Waals surface area (Å²) in [6, 6.07) is 163. The van der Waals surface area contributed by atoms with Crippen molar-refractivity contribution in [1.82, 2.24) is 0 Å². The molecule has 0 unspecified atom stereocenters. The molecule has 0 saturated carbocycles. The Balaban J connectivity index is 0.000000149. The van der Waals surface area contributed by atoms with Gasteiger partial charge in [0.25, 0.3) is 0 Å². The predicted octanol–water partition coefficient (Wildman–Crippen LogP) is 32.8. The highest BCUT2D eigenvalue weighted by molar-refractivity contribution is 5.96. The molecule has 0 fully saturated rings. The van der Waals surface area contributed by atoms with Gasteiger partial charge in [-0.2, -0.15) is 0 Å². The standard InChI is InChI=1S/C47H35NO2.C43H35NO2.C37H31NO2/c1-2-47(49)50-45-32-24-41(25-33-45)46(40-16-10-5-11-17-40)34-35-18-26-42(27-19-35)48(43-28-20-38(21-29-43)36-12-6-3-7-13-36)44-30-22-39(23-31-44)37-14-8-4-9-15-37;1-31(2)43(45)46-41-28-20-37(21-29-41)42(36-12-8-5-9-13-36)30-33-16-24-39(25-17-33)44(38-22-14-32(3)15-23-38)40-26-18-35(19-27-40)34-10-6-4-7-11-34;1-4-37(39)40-35-24-16-31(17-25-35)36(30-8-6-5-7-9-30)26-29-14-22-34(23-15-29)38(32-18-10-27(2)11-19-32)33-20-12-28(3)13-21-33/h2-34H,1H2;4-30H,1H2,2-3H3;4-26H,1H2,2-3H3. The third-order valence-electron chi connectivity index (χ3n) is 23.0. The van der Waals surface area contributed by atoms with Crippen molar-refractivity contribution in [2.75, 3.05) is 14.7 Å². The fourth-order valence-corrected chi connectivity index (χ4v) is 15.9. The topological polar surface area (TPSA) is 88.6 Å². The average molecular weight is 1770 g/mol. The van der Waals surface area contributed by atoms with Crippen LogP contribution in [0.15, 0.2) is 511 Å². The Morgan fingerprint density at radius 1 is 0.221 bits per heavy atom. The zero-order valence-corrected chi connectivity index (χ0v) is 76.3. The normalized spacial score (nSPS) is 11.1. The molecule has 0 amide bonds. The number of hydrogen-bond acceptors (Lipinski definition) is 9. The minimum absolute atomic E-state index is 0.363. The molecule has 18 aromatic carbocycles. The molecule has 9 heteroatoms. The van der Waals surface area contributed by atoms with Gasteiger partial charge in [0.1, 0.15) is 17.2 Å². The largest absolute Gasteiger partial charge is 0.423 e. The lowest BCUT2D eigenvalue weighted by Crippen LogP contribution is -2.09. The second-order valence-electron chi connectivity index (χ2n) is 32.8. The van der Waals surface area contributed by atoms with Gasteiger partial charge in [0, 0.05) is 68.9 Å². The summed E-state index contributed by atoms with van der Waals surface area (Å²) in [6.45, 7) is 18.6. The van der Waals surface area contributed by atoms with Crippen LogP contribution < -0.4 is 28.9 Å². The first-order valence-corrected chi connectivity index (χ1v) is 45.1. The molecule has 136 heavy (non-hydrogen) atoms. The minimum Gasteiger partial charge on any atom is -0.423 e. The van der Waals surface area contributed by atoms with E-state index >= 15 is 0 Å². The van der Waals surface area contributed by atoms with Gasteiger partial charge in [0.05, 0.1) is 0 Å². The summed E-state index contributed by atoms with van der Waals surface area (Å²) in [6.07, 6.45) is 8.89. The molecule has 0 aliphatic rings. The molecule has 0 aliphatic carbocycles. The van der Waals surface area contributed by atoms with Crippen molar-refractivity contribution in [3.05, 3.63) is 577 Å². The molecular formula is C127H101N3O6. The van der Waals surface area contributed by atoms with E-state index in [9.17, 15) is 14.4 Å². The number of benzene rings is 18. The molecule has 0 bridgehead atoms. The van der Waals surface area contributed by atoms with Crippen LogP contribution in [0.5, 0.6) is 17.2 Å². The van der Waals surface area contributed by atoms with Crippen LogP contribution in [0.25, 0.3) is 68.3 Å². The summed E-state index contributed by atoms with van der Waals surface area (Å²) in [5, 5.41) is 0. The Morgan fingerprint density at radius 3 is 0.618 bits per heavy atom. The Labute approximate surface area is 797 Å². The van der Waals surface area contributed by atoms with Gasteiger partial charge in [-0.3, -0.25) is 0 Å². The number of hydrogen-bond donors (Lipinski definition) is 0. The van der Waals surface area contributed by atoms with Crippen LogP contribution in [-0.2, 0) is 14.4 Å². The summed E-state index contributed by atoms with van der Waals surface area (Å²) in [5.41, 5.74) is 33.7. The molecule has 0 aromatic heterocycles. The summed E-state index contributed by atoms with van der Waals surface area (Å²) < 4.78 is 16.0. The van der Waals surface area contributed by atoms with E-state index in [4.69, 9.17) is 14.2 Å². The third-order valence-corrected chi connectivity index (χ3v) is 23.0. The van der Waals surface area contributed by atoms with Gasteiger partial charge in [0.15, 0.2) is 0 Å². The molecule has 0 heterocycles. The first-order chi connectivity index (χ1) is 66.6. The molecule has 0 radical (unpaired) electrons. The van der Waals surface area contributed by atoms with Gasteiger partial charge >= 0.3 is 17.9 Å². The zero-order valence-electron chi connectivity index (χ0n) is 76.3. The van der Waals surface area contributed by atoms with Crippen molar-refractivity contribution in [1.29, 1.82) is 0 Å². The molecule has 0 spiro atoms. The van der Waals surface area contributed by atoms with Crippen molar-refractivity contribution >= 4 is 104 Å². The second-order valence-corrected chi connectivity index (χ2v) is 32.8. The average Bonchev–Trinajstić information content (AvgIpc) is 0.791. The predicted molar refractivity (Wildman–Crippen MR) is 566 cm³/mol. The van der Waals surface area contributed by atoms with Crippen LogP contribution in [-0.4, -0.2) is 17.9 Å². The highest BCUT2D eigenvalue weighted by Crippen LogP contribution is 2.42. The number of anilines is 9. The van der Waals surface area contributed by atoms with Crippen LogP contribution in [0.3, 0.4) is 0 Å². The molecule has 660 valence electrons. The summed E-state index contributed by atoms with van der Waals surface area (Å²) in [4.78, 5) is 42.2. The van der Waals surface area contributed by atoms with Crippen molar-refractivity contribution in [2.24, 2.45) is 0 Å². The summed E-state index contributed by atoms with van der Waals surface area (Å²) in [7, 11) is 0. The van der Waals surface area contributed by atoms with E-state index in [2.05, 4.69) is 401 Å². The van der Waals surface area contributed by atoms with Crippen LogP contribution in [0.2, 0.25) is 0 Å². The molecule has 0 saturated heterocycles. The molecule has 18 rings (SSSR count). The van der Waals surface area contributed by atoms with E-state index < -0.39 is 17.9 Å². The lowest BCUT2D eigenvalue weighted by Gasteiger charge is -2.26. The van der Waals surface area contributed by atoms with E-state index in [1.807, 2.05) is 121 Å². The first kappa shape index (κ1) is 91.5. The fourth-order valence-electron chi connectivity index (χ4n) is 15.9. The lowest BCUT2D eigenvalue weighted by atomic mass is 9.95. The molecule has 0 N–H and O–H groups in total. The van der Waals surface area contributed by atoms with E-state index in [-0.39, 0.29) is 0 Å². The lowest BCUT2D eigenvalue weighted by molar-refractivity contribution is -0.130. The highest BCUT2D eigenvalue weighted by Gasteiger charge is 2.20. The maximum absolute atomic E-state index is 12.0. The van der Waals surface area contributed by atoms with Gasteiger partial charge in [-0.05, 0) is 292 Å². The first-order valence-electron chi connectivity index (χ1n) is 45.1. The Kier molecular flexibility index (Phi) is 30.1. The maximum atomic E-state index is 12.0. The van der Waals surface area contributed by atoms with E-state index in [1.54, 1.807) is 31.2 Å². The molecule has 18 aromatic rings. The minimum atomic E-state index is -0.481. The van der Waals surface area contributed by atoms with E-state index in [0.717, 1.165) is 130 Å². The highest BCUT2D eigenvalue weighted by atomic mass is 16.5. The number of esters is 3. The molecule has 9 nitrogen and oxygen atoms in total. The van der Waals surface area contributed by atoms with Gasteiger partial charge < -0.3 is 28.9 Å². The van der Waals surface area contributed by atoms with Crippen LogP contribution in [0.4, 0.5) is 51.2 Å². The number of aryl methyl sites for hydroxylation is 3. The summed E-state index contributed by atoms with van der Waals surface area (Å²) in [5.74, 6) is 0.0591. The van der Waals surface area contributed by atoms with Gasteiger partial charge in [-0.15, -0.1) is 0 Å². The fraction of sp³-hybridized carbons (Fsp3) is 0.0315. The van der Waals surface area contributed by atoms with Crippen molar-refractivity contribution in [3.63, 3.8) is 0 Å². The number of rotatable bonds is 27. The molecular weight excluding hydrogens is 1660 g/mol. The second kappa shape index (κ2) is 44.7. The number of carbonyl (C=O) groups is 3. The number of carbonyl (C=O) groups excluding carboxylic acids is 3. The maximum Gasteiger partial charge on any atom is 0.338 e. The smallest absolute Gasteiger partial charge is 0.338 e. The molecule has 0 aliphatic heterocycles. The van der Waals surface area contributed by atoms with E-state index in [1.165, 1.54) is 50.1 Å². The van der Waals surface area contributed by atoms with Crippen LogP contribution >= 0.6 is 0 Å². The quantitative estimate of drug-likeness (QED) is 0.0216. The van der Waals surface area contributed by atoms with Crippen molar-refractivity contribution < 1.29 is 28.6 Å². The number of ether oxygens (including phenoxy) is 3. The van der Waals surface area contributed by atoms with Gasteiger partial charge in [0.2, 0.25) is 0 Å². The monoisotopic (exact) mass is 1760 g/mol.